The van der Waals surface area contributed by atoms with Crippen LogP contribution in [0.3, 0.4) is 0 Å². The van der Waals surface area contributed by atoms with Crippen LogP contribution in [0.2, 0.25) is 0 Å². The summed E-state index contributed by atoms with van der Waals surface area (Å²) in [4.78, 5) is 13.1. The molecular weight excluding hydrogens is 287 g/mol. The van der Waals surface area contributed by atoms with Crippen LogP contribution in [-0.2, 0) is 4.79 Å². The molecule has 1 unspecified atom stereocenters. The van der Waals surface area contributed by atoms with Crippen LogP contribution in [0.4, 0.5) is 4.39 Å². The minimum atomic E-state index is -0.599. The monoisotopic (exact) mass is 310 g/mol. The summed E-state index contributed by atoms with van der Waals surface area (Å²) >= 11 is 0. The second kappa shape index (κ2) is 8.10. The molecule has 0 aromatic heterocycles. The number of nitrogens with zero attached hydrogens (tertiary/aromatic N) is 1. The number of aliphatic hydroxyl groups excluding tert-OH is 1. The van der Waals surface area contributed by atoms with Crippen molar-refractivity contribution < 1.29 is 19.0 Å². The van der Waals surface area contributed by atoms with Gasteiger partial charge in [0.15, 0.2) is 0 Å². The number of aliphatic hydroxyl groups is 1. The first-order valence-corrected chi connectivity index (χ1v) is 7.60. The molecule has 0 radical (unpaired) electrons. The maximum atomic E-state index is 12.8. The van der Waals surface area contributed by atoms with E-state index in [1.807, 2.05) is 0 Å². The van der Waals surface area contributed by atoms with Gasteiger partial charge < -0.3 is 20.5 Å². The Labute approximate surface area is 129 Å². The van der Waals surface area contributed by atoms with E-state index >= 15 is 0 Å². The van der Waals surface area contributed by atoms with Crippen molar-refractivity contribution in [2.75, 3.05) is 26.2 Å². The Morgan fingerprint density at radius 1 is 1.36 bits per heavy atom. The summed E-state index contributed by atoms with van der Waals surface area (Å²) in [6, 6.07) is 5.73. The highest BCUT2D eigenvalue weighted by Gasteiger charge is 2.22. The molecule has 22 heavy (non-hydrogen) atoms. The summed E-state index contributed by atoms with van der Waals surface area (Å²) in [5.41, 5.74) is 5.21. The summed E-state index contributed by atoms with van der Waals surface area (Å²) in [5.74, 6) is 0.347. The Morgan fingerprint density at radius 2 is 2.00 bits per heavy atom. The van der Waals surface area contributed by atoms with Crippen molar-refractivity contribution >= 4 is 5.91 Å². The van der Waals surface area contributed by atoms with Crippen LogP contribution in [0.25, 0.3) is 0 Å². The van der Waals surface area contributed by atoms with E-state index in [4.69, 9.17) is 10.5 Å². The van der Waals surface area contributed by atoms with Crippen molar-refractivity contribution in [1.82, 2.24) is 4.90 Å². The van der Waals surface area contributed by atoms with Gasteiger partial charge in [0, 0.05) is 13.0 Å². The van der Waals surface area contributed by atoms with Gasteiger partial charge in [-0.2, -0.15) is 0 Å². The summed E-state index contributed by atoms with van der Waals surface area (Å²) < 4.78 is 18.2. The lowest BCUT2D eigenvalue weighted by atomic mass is 9.93. The zero-order chi connectivity index (χ0) is 15.9. The molecule has 1 heterocycles. The molecule has 0 saturated carbocycles. The van der Waals surface area contributed by atoms with E-state index in [-0.39, 0.29) is 18.3 Å². The van der Waals surface area contributed by atoms with E-state index in [1.54, 1.807) is 0 Å². The van der Waals surface area contributed by atoms with E-state index in [0.29, 0.717) is 24.6 Å². The van der Waals surface area contributed by atoms with Crippen LogP contribution in [0.15, 0.2) is 24.3 Å². The molecule has 6 heteroatoms. The normalized spacial score (nSPS) is 18.1. The third kappa shape index (κ3) is 5.61. The molecule has 5 nitrogen and oxygen atoms in total. The van der Waals surface area contributed by atoms with Gasteiger partial charge in [0.25, 0.3) is 0 Å². The van der Waals surface area contributed by atoms with E-state index in [9.17, 15) is 14.3 Å². The van der Waals surface area contributed by atoms with Crippen molar-refractivity contribution in [3.05, 3.63) is 30.1 Å². The van der Waals surface area contributed by atoms with Crippen molar-refractivity contribution in [2.24, 2.45) is 11.7 Å². The van der Waals surface area contributed by atoms with Gasteiger partial charge in [-0.05, 0) is 56.1 Å². The first-order valence-electron chi connectivity index (χ1n) is 7.60. The van der Waals surface area contributed by atoms with Crippen LogP contribution < -0.4 is 10.5 Å². The highest BCUT2D eigenvalue weighted by Crippen LogP contribution is 2.20. The predicted molar refractivity (Wildman–Crippen MR) is 80.9 cm³/mol. The summed E-state index contributed by atoms with van der Waals surface area (Å²) in [7, 11) is 0. The van der Waals surface area contributed by atoms with Crippen molar-refractivity contribution in [1.29, 1.82) is 0 Å². The Morgan fingerprint density at radius 3 is 2.59 bits per heavy atom. The number of carbonyl (C=O) groups excluding carboxylic acids is 1. The highest BCUT2D eigenvalue weighted by atomic mass is 19.1. The molecule has 1 aromatic rings. The molecule has 0 aliphatic carbocycles. The van der Waals surface area contributed by atoms with Gasteiger partial charge in [0.05, 0.1) is 0 Å². The van der Waals surface area contributed by atoms with E-state index in [2.05, 4.69) is 4.90 Å². The van der Waals surface area contributed by atoms with Crippen molar-refractivity contribution in [3.63, 3.8) is 0 Å². The smallest absolute Gasteiger partial charge is 0.217 e. The van der Waals surface area contributed by atoms with Crippen LogP contribution in [0, 0.1) is 11.7 Å². The first-order chi connectivity index (χ1) is 10.5. The van der Waals surface area contributed by atoms with Crippen molar-refractivity contribution in [3.8, 4) is 5.75 Å². The van der Waals surface area contributed by atoms with Gasteiger partial charge in [-0.3, -0.25) is 4.79 Å². The number of rotatable bonds is 7. The number of likely N-dealkylation sites (tertiary alicyclic amines) is 1. The van der Waals surface area contributed by atoms with Crippen LogP contribution in [0.1, 0.15) is 19.3 Å². The number of β-amino-alcohol motifs (C(OH)–C–C–N with tert-alkyl or cyclic N) is 1. The molecule has 2 rings (SSSR count). The highest BCUT2D eigenvalue weighted by molar-refractivity contribution is 5.73. The molecule has 1 aliphatic heterocycles. The topological polar surface area (TPSA) is 75.8 Å². The Kier molecular flexibility index (Phi) is 6.15. The fourth-order valence-corrected chi connectivity index (χ4v) is 2.73. The SMILES string of the molecule is NC(=O)CC1CCN(CC(O)COc2ccc(F)cc2)CC1. The average molecular weight is 310 g/mol. The molecule has 3 N–H and O–H groups in total. The molecule has 1 aliphatic rings. The number of benzene rings is 1. The summed E-state index contributed by atoms with van der Waals surface area (Å²) in [6.45, 7) is 2.41. The quantitative estimate of drug-likeness (QED) is 0.792. The molecule has 0 bridgehead atoms. The van der Waals surface area contributed by atoms with Gasteiger partial charge in [-0.25, -0.2) is 4.39 Å². The maximum absolute atomic E-state index is 12.8. The Bertz CT molecular complexity index is 473. The van der Waals surface area contributed by atoms with Crippen molar-refractivity contribution in [2.45, 2.75) is 25.4 Å². The largest absolute Gasteiger partial charge is 0.491 e. The fraction of sp³-hybridized carbons (Fsp3) is 0.562. The molecule has 1 aromatic carbocycles. The number of carbonyl (C=O) groups is 1. The number of ether oxygens (including phenoxy) is 1. The van der Waals surface area contributed by atoms with Crippen LogP contribution in [-0.4, -0.2) is 48.3 Å². The number of hydrogen-bond donors (Lipinski definition) is 2. The summed E-state index contributed by atoms with van der Waals surface area (Å²) in [6.07, 6.45) is 1.70. The number of halogens is 1. The number of nitrogens with two attached hydrogens (primary N) is 1. The van der Waals surface area contributed by atoms with Gasteiger partial charge in [-0.1, -0.05) is 0 Å². The van der Waals surface area contributed by atoms with E-state index in [0.717, 1.165) is 25.9 Å². The second-order valence-electron chi connectivity index (χ2n) is 5.83. The molecule has 1 fully saturated rings. The van der Waals surface area contributed by atoms with Crippen LogP contribution in [0.5, 0.6) is 5.75 Å². The number of primary amides is 1. The minimum Gasteiger partial charge on any atom is -0.491 e. The molecule has 1 atom stereocenters. The Balaban J connectivity index is 1.66. The molecule has 122 valence electrons. The number of amides is 1. The third-order valence-corrected chi connectivity index (χ3v) is 3.92. The molecule has 1 amide bonds. The molecular formula is C16H23FN2O3. The average Bonchev–Trinajstić information content (AvgIpc) is 2.48. The second-order valence-corrected chi connectivity index (χ2v) is 5.83. The van der Waals surface area contributed by atoms with Crippen LogP contribution >= 0.6 is 0 Å². The zero-order valence-electron chi connectivity index (χ0n) is 12.6. The van der Waals surface area contributed by atoms with Gasteiger partial charge >= 0.3 is 0 Å². The lowest BCUT2D eigenvalue weighted by Gasteiger charge is -2.32. The van der Waals surface area contributed by atoms with Gasteiger partial charge in [0.2, 0.25) is 5.91 Å². The first kappa shape index (κ1) is 16.7. The molecule has 0 spiro atoms. The minimum absolute atomic E-state index is 0.173. The standard InChI is InChI=1S/C16H23FN2O3/c17-13-1-3-15(4-2-13)22-11-14(20)10-19-7-5-12(6-8-19)9-16(18)21/h1-4,12,14,20H,5-11H2,(H2,18,21). The lowest BCUT2D eigenvalue weighted by molar-refractivity contribution is -0.119. The Hall–Kier alpha value is -1.66. The number of piperidine rings is 1. The lowest BCUT2D eigenvalue weighted by Crippen LogP contribution is -2.41. The molecule has 1 saturated heterocycles. The maximum Gasteiger partial charge on any atom is 0.217 e. The number of hydrogen-bond acceptors (Lipinski definition) is 4. The van der Waals surface area contributed by atoms with E-state index < -0.39 is 6.10 Å². The fourth-order valence-electron chi connectivity index (χ4n) is 2.73. The van der Waals surface area contributed by atoms with Gasteiger partial charge in [-0.15, -0.1) is 0 Å². The van der Waals surface area contributed by atoms with E-state index in [1.165, 1.54) is 24.3 Å². The zero-order valence-corrected chi connectivity index (χ0v) is 12.6. The van der Waals surface area contributed by atoms with Gasteiger partial charge in [0.1, 0.15) is 24.3 Å². The summed E-state index contributed by atoms with van der Waals surface area (Å²) in [5, 5.41) is 10.0. The third-order valence-electron chi connectivity index (χ3n) is 3.92. The predicted octanol–water partition coefficient (Wildman–Crippen LogP) is 1.15.